The number of carboxylic acids is 1. The Bertz CT molecular complexity index is 406. The molecule has 1 heterocycles. The molecule has 3 N–H and O–H groups in total. The third-order valence-electron chi connectivity index (χ3n) is 2.75. The van der Waals surface area contributed by atoms with Crippen LogP contribution in [0.2, 0.25) is 0 Å². The van der Waals surface area contributed by atoms with Crippen LogP contribution < -0.4 is 5.73 Å². The van der Waals surface area contributed by atoms with Crippen LogP contribution in [-0.2, 0) is 17.6 Å². The molecular formula is C12H15NO2S. The number of aliphatic carboxylic acids is 1. The van der Waals surface area contributed by atoms with Gasteiger partial charge in [-0.05, 0) is 42.2 Å². The Hall–Kier alpha value is -1.00. The molecule has 0 saturated heterocycles. The highest BCUT2D eigenvalue weighted by Crippen LogP contribution is 2.30. The quantitative estimate of drug-likeness (QED) is 0.839. The first kappa shape index (κ1) is 11.5. The molecule has 0 aliphatic carbocycles. The van der Waals surface area contributed by atoms with Crippen LogP contribution in [-0.4, -0.2) is 22.9 Å². The molecule has 0 aromatic heterocycles. The van der Waals surface area contributed by atoms with E-state index < -0.39 is 12.0 Å². The average molecular weight is 237 g/mol. The molecule has 0 fully saturated rings. The zero-order valence-corrected chi connectivity index (χ0v) is 9.80. The van der Waals surface area contributed by atoms with E-state index in [0.29, 0.717) is 6.42 Å². The molecule has 0 bridgehead atoms. The van der Waals surface area contributed by atoms with Crippen molar-refractivity contribution in [2.75, 3.05) is 5.75 Å². The normalized spacial score (nSPS) is 16.6. The number of rotatable bonds is 3. The Balaban J connectivity index is 2.14. The van der Waals surface area contributed by atoms with Gasteiger partial charge in [0, 0.05) is 4.90 Å². The summed E-state index contributed by atoms with van der Waals surface area (Å²) in [7, 11) is 0. The molecular weight excluding hydrogens is 222 g/mol. The minimum Gasteiger partial charge on any atom is -0.480 e. The predicted molar refractivity (Wildman–Crippen MR) is 64.8 cm³/mol. The molecule has 3 nitrogen and oxygen atoms in total. The Labute approximate surface area is 99.0 Å². The highest BCUT2D eigenvalue weighted by molar-refractivity contribution is 7.99. The van der Waals surface area contributed by atoms with Gasteiger partial charge in [0.1, 0.15) is 6.04 Å². The van der Waals surface area contributed by atoms with Gasteiger partial charge in [-0.25, -0.2) is 0 Å². The number of thioether (sulfide) groups is 1. The van der Waals surface area contributed by atoms with Crippen LogP contribution in [0.3, 0.4) is 0 Å². The second kappa shape index (κ2) is 4.89. The lowest BCUT2D eigenvalue weighted by Crippen LogP contribution is -2.32. The summed E-state index contributed by atoms with van der Waals surface area (Å²) < 4.78 is 0. The van der Waals surface area contributed by atoms with Crippen molar-refractivity contribution in [3.63, 3.8) is 0 Å². The van der Waals surface area contributed by atoms with E-state index in [-0.39, 0.29) is 0 Å². The van der Waals surface area contributed by atoms with E-state index in [9.17, 15) is 4.79 Å². The Morgan fingerprint density at radius 3 is 3.12 bits per heavy atom. The summed E-state index contributed by atoms with van der Waals surface area (Å²) >= 11 is 1.85. The van der Waals surface area contributed by atoms with Crippen molar-refractivity contribution >= 4 is 17.7 Å². The molecule has 2 rings (SSSR count). The van der Waals surface area contributed by atoms with Crippen LogP contribution in [0, 0.1) is 0 Å². The lowest BCUT2D eigenvalue weighted by Gasteiger charge is -2.16. The lowest BCUT2D eigenvalue weighted by atomic mass is 10.0. The molecule has 1 aliphatic rings. The first-order valence-electron chi connectivity index (χ1n) is 5.40. The minimum absolute atomic E-state index is 0.406. The maximum absolute atomic E-state index is 10.7. The van der Waals surface area contributed by atoms with Crippen LogP contribution in [0.5, 0.6) is 0 Å². The van der Waals surface area contributed by atoms with Gasteiger partial charge < -0.3 is 10.8 Å². The standard InChI is InChI=1S/C12H15NO2S/c13-10(12(14)15)6-8-3-4-9-2-1-5-16-11(9)7-8/h3-4,7,10H,1-2,5-6,13H2,(H,14,15). The van der Waals surface area contributed by atoms with Gasteiger partial charge in [-0.2, -0.15) is 0 Å². The fourth-order valence-corrected chi connectivity index (χ4v) is 2.95. The molecule has 0 radical (unpaired) electrons. The van der Waals surface area contributed by atoms with Crippen molar-refractivity contribution in [2.45, 2.75) is 30.2 Å². The van der Waals surface area contributed by atoms with E-state index in [0.717, 1.165) is 17.7 Å². The number of aryl methyl sites for hydroxylation is 1. The average Bonchev–Trinajstić information content (AvgIpc) is 2.28. The summed E-state index contributed by atoms with van der Waals surface area (Å²) in [4.78, 5) is 12.0. The fraction of sp³-hybridized carbons (Fsp3) is 0.417. The predicted octanol–water partition coefficient (Wildman–Crippen LogP) is 1.68. The highest BCUT2D eigenvalue weighted by atomic mass is 32.2. The summed E-state index contributed by atoms with van der Waals surface area (Å²) in [5.74, 6) is 0.215. The van der Waals surface area contributed by atoms with Crippen LogP contribution >= 0.6 is 11.8 Å². The van der Waals surface area contributed by atoms with Crippen LogP contribution in [0.4, 0.5) is 0 Å². The number of carboxylic acid groups (broad SMARTS) is 1. The van der Waals surface area contributed by atoms with Gasteiger partial charge in [-0.15, -0.1) is 11.8 Å². The molecule has 1 aromatic rings. The van der Waals surface area contributed by atoms with Crippen LogP contribution in [0.1, 0.15) is 17.5 Å². The first-order valence-corrected chi connectivity index (χ1v) is 6.38. The molecule has 4 heteroatoms. The number of fused-ring (bicyclic) bond motifs is 1. The van der Waals surface area contributed by atoms with E-state index in [1.54, 1.807) is 0 Å². The SMILES string of the molecule is NC(Cc1ccc2c(c1)SCCC2)C(=O)O. The van der Waals surface area contributed by atoms with E-state index in [1.165, 1.54) is 16.9 Å². The third-order valence-corrected chi connectivity index (χ3v) is 3.94. The zero-order valence-electron chi connectivity index (χ0n) is 8.98. The van der Waals surface area contributed by atoms with Crippen molar-refractivity contribution in [3.05, 3.63) is 29.3 Å². The number of carbonyl (C=O) groups is 1. The largest absolute Gasteiger partial charge is 0.480 e. The molecule has 0 amide bonds. The van der Waals surface area contributed by atoms with Gasteiger partial charge in [-0.1, -0.05) is 12.1 Å². The van der Waals surface area contributed by atoms with Crippen molar-refractivity contribution in [3.8, 4) is 0 Å². The minimum atomic E-state index is -0.939. The summed E-state index contributed by atoms with van der Waals surface area (Å²) in [6.07, 6.45) is 2.77. The van der Waals surface area contributed by atoms with Crippen molar-refractivity contribution in [1.29, 1.82) is 0 Å². The van der Waals surface area contributed by atoms with E-state index in [1.807, 2.05) is 17.8 Å². The smallest absolute Gasteiger partial charge is 0.320 e. The Morgan fingerprint density at radius 2 is 2.38 bits per heavy atom. The molecule has 0 saturated carbocycles. The second-order valence-electron chi connectivity index (χ2n) is 4.04. The second-order valence-corrected chi connectivity index (χ2v) is 5.18. The maximum Gasteiger partial charge on any atom is 0.320 e. The molecule has 16 heavy (non-hydrogen) atoms. The molecule has 1 atom stereocenters. The van der Waals surface area contributed by atoms with E-state index >= 15 is 0 Å². The molecule has 0 spiro atoms. The number of hydrogen-bond donors (Lipinski definition) is 2. The summed E-state index contributed by atoms with van der Waals surface area (Å²) in [5, 5.41) is 8.75. The molecule has 1 aromatic carbocycles. The summed E-state index contributed by atoms with van der Waals surface area (Å²) in [6.45, 7) is 0. The van der Waals surface area contributed by atoms with Crippen LogP contribution in [0.25, 0.3) is 0 Å². The van der Waals surface area contributed by atoms with Gasteiger partial charge in [0.15, 0.2) is 0 Å². The summed E-state index contributed by atoms with van der Waals surface area (Å²) in [6, 6.07) is 5.38. The first-order chi connectivity index (χ1) is 7.66. The van der Waals surface area contributed by atoms with E-state index in [4.69, 9.17) is 10.8 Å². The van der Waals surface area contributed by atoms with Crippen molar-refractivity contribution in [1.82, 2.24) is 0 Å². The third kappa shape index (κ3) is 2.57. The zero-order chi connectivity index (χ0) is 11.5. The lowest BCUT2D eigenvalue weighted by molar-refractivity contribution is -0.138. The number of nitrogens with two attached hydrogens (primary N) is 1. The van der Waals surface area contributed by atoms with Crippen LogP contribution in [0.15, 0.2) is 23.1 Å². The van der Waals surface area contributed by atoms with Gasteiger partial charge in [0.25, 0.3) is 0 Å². The van der Waals surface area contributed by atoms with E-state index in [2.05, 4.69) is 12.1 Å². The topological polar surface area (TPSA) is 63.3 Å². The molecule has 1 aliphatic heterocycles. The summed E-state index contributed by atoms with van der Waals surface area (Å²) in [5.41, 5.74) is 7.91. The fourth-order valence-electron chi connectivity index (χ4n) is 1.85. The van der Waals surface area contributed by atoms with Gasteiger partial charge in [0.05, 0.1) is 0 Å². The molecule has 86 valence electrons. The highest BCUT2D eigenvalue weighted by Gasteiger charge is 2.14. The monoisotopic (exact) mass is 237 g/mol. The maximum atomic E-state index is 10.7. The van der Waals surface area contributed by atoms with Gasteiger partial charge >= 0.3 is 5.97 Å². The number of benzene rings is 1. The molecule has 1 unspecified atom stereocenters. The Morgan fingerprint density at radius 1 is 1.56 bits per heavy atom. The Kier molecular flexibility index (Phi) is 3.51. The van der Waals surface area contributed by atoms with Gasteiger partial charge in [-0.3, -0.25) is 4.79 Å². The van der Waals surface area contributed by atoms with Crippen molar-refractivity contribution < 1.29 is 9.90 Å². The van der Waals surface area contributed by atoms with Gasteiger partial charge in [0.2, 0.25) is 0 Å². The number of hydrogen-bond acceptors (Lipinski definition) is 3. The van der Waals surface area contributed by atoms with Crippen molar-refractivity contribution in [2.24, 2.45) is 5.73 Å².